The summed E-state index contributed by atoms with van der Waals surface area (Å²) in [4.78, 5) is 4.47. The Labute approximate surface area is 198 Å². The van der Waals surface area contributed by atoms with Crippen molar-refractivity contribution in [2.45, 2.75) is 19.1 Å². The van der Waals surface area contributed by atoms with E-state index in [1.54, 1.807) is 6.33 Å². The second-order valence-corrected chi connectivity index (χ2v) is 9.34. The molecule has 3 heterocycles. The Kier molecular flexibility index (Phi) is 4.59. The molecule has 0 saturated carbocycles. The molecule has 0 fully saturated rings. The van der Waals surface area contributed by atoms with Crippen LogP contribution in [0.3, 0.4) is 0 Å². The first-order valence-electron chi connectivity index (χ1n) is 10.3. The monoisotopic (exact) mass is 504 g/mol. The first kappa shape index (κ1) is 19.6. The van der Waals surface area contributed by atoms with Crippen LogP contribution in [0.1, 0.15) is 34.4 Å². The molecule has 5 nitrogen and oxygen atoms in total. The minimum absolute atomic E-state index is 0.176. The van der Waals surface area contributed by atoms with Crippen LogP contribution in [-0.4, -0.2) is 14.8 Å². The fourth-order valence-electron chi connectivity index (χ4n) is 4.42. The topological polar surface area (TPSA) is 52.0 Å². The largest absolute Gasteiger partial charge is 0.480 e. The van der Waals surface area contributed by atoms with E-state index in [0.717, 1.165) is 38.2 Å². The number of rotatable bonds is 2. The van der Waals surface area contributed by atoms with Crippen molar-refractivity contribution in [2.75, 3.05) is 5.32 Å². The van der Waals surface area contributed by atoms with E-state index in [2.05, 4.69) is 74.7 Å². The molecule has 1 aromatic heterocycles. The van der Waals surface area contributed by atoms with Gasteiger partial charge in [-0.05, 0) is 48.4 Å². The Balaban J connectivity index is 1.63. The Hall–Kier alpha value is -3.09. The van der Waals surface area contributed by atoms with E-state index < -0.39 is 0 Å². The lowest BCUT2D eigenvalue weighted by atomic mass is 9.84. The van der Waals surface area contributed by atoms with E-state index in [1.165, 1.54) is 5.56 Å². The average Bonchev–Trinajstić information content (AvgIpc) is 3.27. The molecular formula is C25H18BrClN4O. The van der Waals surface area contributed by atoms with Crippen LogP contribution in [0, 0.1) is 6.92 Å². The van der Waals surface area contributed by atoms with E-state index >= 15 is 0 Å². The predicted molar refractivity (Wildman–Crippen MR) is 129 cm³/mol. The van der Waals surface area contributed by atoms with Crippen LogP contribution in [0.5, 0.6) is 5.75 Å². The molecule has 0 radical (unpaired) electrons. The predicted octanol–water partition coefficient (Wildman–Crippen LogP) is 6.56. The van der Waals surface area contributed by atoms with E-state index in [-0.39, 0.29) is 12.1 Å². The Morgan fingerprint density at radius 2 is 1.75 bits per heavy atom. The molecule has 0 amide bonds. The van der Waals surface area contributed by atoms with Gasteiger partial charge in [0.05, 0.1) is 5.70 Å². The molecule has 0 bridgehead atoms. The standard InChI is InChI=1S/C25H18BrClN4O/c1-14-2-4-15(5-3-14)23-21-22(30-25-28-13-29-31(23)25)19-12-18(27)10-11-20(19)32-24(21)16-6-8-17(26)9-7-16/h2-13,23-24H,1H3,(H,28,29,30)/t23-,24+/m0/s1. The number of hydrogen-bond acceptors (Lipinski definition) is 4. The molecule has 32 heavy (non-hydrogen) atoms. The van der Waals surface area contributed by atoms with Crippen molar-refractivity contribution in [3.05, 3.63) is 110 Å². The number of aryl methyl sites for hydroxylation is 1. The highest BCUT2D eigenvalue weighted by molar-refractivity contribution is 9.10. The third-order valence-electron chi connectivity index (χ3n) is 5.94. The molecule has 2 aliphatic rings. The van der Waals surface area contributed by atoms with Crippen LogP contribution in [0.25, 0.3) is 5.70 Å². The maximum atomic E-state index is 6.62. The Morgan fingerprint density at radius 3 is 2.53 bits per heavy atom. The Morgan fingerprint density at radius 1 is 1.00 bits per heavy atom. The molecular weight excluding hydrogens is 488 g/mol. The number of benzene rings is 3. The lowest BCUT2D eigenvalue weighted by molar-refractivity contribution is 0.223. The first-order chi connectivity index (χ1) is 15.6. The second-order valence-electron chi connectivity index (χ2n) is 7.99. The number of ether oxygens (including phenoxy) is 1. The molecule has 4 aromatic rings. The summed E-state index contributed by atoms with van der Waals surface area (Å²) in [6.07, 6.45) is 1.28. The van der Waals surface area contributed by atoms with E-state index in [9.17, 15) is 0 Å². The molecule has 158 valence electrons. The molecule has 1 N–H and O–H groups in total. The third-order valence-corrected chi connectivity index (χ3v) is 6.71. The minimum atomic E-state index is -0.303. The average molecular weight is 506 g/mol. The van der Waals surface area contributed by atoms with Gasteiger partial charge >= 0.3 is 0 Å². The van der Waals surface area contributed by atoms with Crippen molar-refractivity contribution >= 4 is 39.2 Å². The van der Waals surface area contributed by atoms with Crippen molar-refractivity contribution in [1.29, 1.82) is 0 Å². The van der Waals surface area contributed by atoms with Gasteiger partial charge in [-0.15, -0.1) is 0 Å². The normalized spacial score (nSPS) is 18.8. The molecule has 3 aromatic carbocycles. The highest BCUT2D eigenvalue weighted by Gasteiger charge is 2.40. The van der Waals surface area contributed by atoms with Crippen LogP contribution in [-0.2, 0) is 0 Å². The maximum Gasteiger partial charge on any atom is 0.226 e. The van der Waals surface area contributed by atoms with Gasteiger partial charge in [0.25, 0.3) is 0 Å². The van der Waals surface area contributed by atoms with Crippen LogP contribution in [0.2, 0.25) is 5.02 Å². The zero-order valence-corrected chi connectivity index (χ0v) is 19.4. The molecule has 0 unspecified atom stereocenters. The summed E-state index contributed by atoms with van der Waals surface area (Å²) in [5.41, 5.74) is 6.34. The van der Waals surface area contributed by atoms with Crippen LogP contribution in [0.4, 0.5) is 5.95 Å². The number of anilines is 1. The summed E-state index contributed by atoms with van der Waals surface area (Å²) in [5.74, 6) is 1.47. The van der Waals surface area contributed by atoms with Crippen molar-refractivity contribution in [2.24, 2.45) is 0 Å². The van der Waals surface area contributed by atoms with Gasteiger partial charge in [0.1, 0.15) is 24.2 Å². The number of hydrogen-bond donors (Lipinski definition) is 1. The molecule has 0 spiro atoms. The van der Waals surface area contributed by atoms with E-state index in [4.69, 9.17) is 16.3 Å². The number of aromatic nitrogens is 3. The van der Waals surface area contributed by atoms with E-state index in [1.807, 2.05) is 35.0 Å². The van der Waals surface area contributed by atoms with Gasteiger partial charge in [-0.2, -0.15) is 10.1 Å². The molecule has 0 aliphatic carbocycles. The molecule has 6 rings (SSSR count). The molecule has 2 atom stereocenters. The second kappa shape index (κ2) is 7.50. The summed E-state index contributed by atoms with van der Waals surface area (Å²) < 4.78 is 9.56. The summed E-state index contributed by atoms with van der Waals surface area (Å²) in [6, 6.07) is 22.3. The number of nitrogens with zero attached hydrogens (tertiary/aromatic N) is 3. The van der Waals surface area contributed by atoms with Crippen molar-refractivity contribution in [1.82, 2.24) is 14.8 Å². The fourth-order valence-corrected chi connectivity index (χ4v) is 4.86. The summed E-state index contributed by atoms with van der Waals surface area (Å²) in [6.45, 7) is 2.09. The number of fused-ring (bicyclic) bond motifs is 3. The lowest BCUT2D eigenvalue weighted by Gasteiger charge is -2.39. The number of halogens is 2. The van der Waals surface area contributed by atoms with Gasteiger partial charge in [-0.25, -0.2) is 4.68 Å². The fraction of sp³-hybridized carbons (Fsp3) is 0.120. The zero-order valence-electron chi connectivity index (χ0n) is 17.1. The highest BCUT2D eigenvalue weighted by atomic mass is 79.9. The quantitative estimate of drug-likeness (QED) is 0.335. The maximum absolute atomic E-state index is 6.62. The van der Waals surface area contributed by atoms with Crippen LogP contribution < -0.4 is 10.1 Å². The van der Waals surface area contributed by atoms with E-state index in [0.29, 0.717) is 11.0 Å². The van der Waals surface area contributed by atoms with Gasteiger partial charge in [-0.1, -0.05) is 69.5 Å². The van der Waals surface area contributed by atoms with Gasteiger partial charge in [0.15, 0.2) is 0 Å². The molecule has 2 aliphatic heterocycles. The van der Waals surface area contributed by atoms with Crippen LogP contribution in [0.15, 0.2) is 83.1 Å². The number of nitrogens with one attached hydrogen (secondary N) is 1. The SMILES string of the molecule is Cc1ccc([C@H]2C3=C(Nc4ncnn42)c2cc(Cl)ccc2O[C@@H]3c2ccc(Br)cc2)cc1. The molecule has 7 heteroatoms. The van der Waals surface area contributed by atoms with Crippen LogP contribution >= 0.6 is 27.5 Å². The van der Waals surface area contributed by atoms with Gasteiger partial charge in [0, 0.05) is 20.6 Å². The first-order valence-corrected chi connectivity index (χ1v) is 11.4. The summed E-state index contributed by atoms with van der Waals surface area (Å²) in [7, 11) is 0. The third kappa shape index (κ3) is 3.14. The minimum Gasteiger partial charge on any atom is -0.480 e. The van der Waals surface area contributed by atoms with Crippen molar-refractivity contribution < 1.29 is 4.74 Å². The van der Waals surface area contributed by atoms with Gasteiger partial charge in [0.2, 0.25) is 5.95 Å². The zero-order chi connectivity index (χ0) is 21.8. The van der Waals surface area contributed by atoms with Crippen molar-refractivity contribution in [3.63, 3.8) is 0 Å². The summed E-state index contributed by atoms with van der Waals surface area (Å²) >= 11 is 9.93. The van der Waals surface area contributed by atoms with Gasteiger partial charge < -0.3 is 10.1 Å². The molecule has 0 saturated heterocycles. The lowest BCUT2D eigenvalue weighted by Crippen LogP contribution is -2.32. The summed E-state index contributed by atoms with van der Waals surface area (Å²) in [5, 5.41) is 8.72. The van der Waals surface area contributed by atoms with Gasteiger partial charge in [-0.3, -0.25) is 0 Å². The smallest absolute Gasteiger partial charge is 0.226 e. The Bertz CT molecular complexity index is 1360. The van der Waals surface area contributed by atoms with Crippen molar-refractivity contribution in [3.8, 4) is 5.75 Å². The highest BCUT2D eigenvalue weighted by Crippen LogP contribution is 2.51.